The number of esters is 2. The van der Waals surface area contributed by atoms with E-state index in [1.54, 1.807) is 55.5 Å². The number of ether oxygens (including phenoxy) is 4. The van der Waals surface area contributed by atoms with Crippen LogP contribution in [0.15, 0.2) is 78.9 Å². The van der Waals surface area contributed by atoms with Crippen LogP contribution in [0.1, 0.15) is 122 Å². The molecule has 0 saturated heterocycles. The molecule has 0 fully saturated rings. The number of amides is 2. The molecule has 15 heteroatoms. The summed E-state index contributed by atoms with van der Waals surface area (Å²) in [6, 6.07) is 12.2. The molecule has 0 saturated carbocycles. The molecule has 2 aliphatic heterocycles. The van der Waals surface area contributed by atoms with E-state index in [2.05, 4.69) is 65.4 Å². The van der Waals surface area contributed by atoms with E-state index in [4.69, 9.17) is 23.4 Å². The van der Waals surface area contributed by atoms with Crippen molar-refractivity contribution in [3.05, 3.63) is 95.1 Å². The Bertz CT molecular complexity index is 2340. The largest absolute Gasteiger partial charge is 0.508 e. The minimum atomic E-state index is -2.43. The van der Waals surface area contributed by atoms with Gasteiger partial charge in [0.15, 0.2) is 8.32 Å². The first-order valence-electron chi connectivity index (χ1n) is 23.2. The second-order valence-electron chi connectivity index (χ2n) is 19.9. The van der Waals surface area contributed by atoms with E-state index in [-0.39, 0.29) is 48.5 Å². The first kappa shape index (κ1) is 52.7. The van der Waals surface area contributed by atoms with Gasteiger partial charge < -0.3 is 23.4 Å². The van der Waals surface area contributed by atoms with Crippen LogP contribution in [0.3, 0.4) is 0 Å². The lowest BCUT2D eigenvalue weighted by Gasteiger charge is -2.45. The van der Waals surface area contributed by atoms with Crippen molar-refractivity contribution in [3.63, 3.8) is 0 Å². The summed E-state index contributed by atoms with van der Waals surface area (Å²) in [6.07, 6.45) is 5.73. The van der Waals surface area contributed by atoms with Gasteiger partial charge in [-0.3, -0.25) is 28.9 Å². The van der Waals surface area contributed by atoms with Gasteiger partial charge in [-0.25, -0.2) is 9.78 Å². The number of imide groups is 1. The number of thiazole rings is 1. The molecular formula is C52H68N2O11SSi. The van der Waals surface area contributed by atoms with Crippen LogP contribution in [0.4, 0.5) is 4.79 Å². The molecule has 0 spiro atoms. The van der Waals surface area contributed by atoms with E-state index in [1.165, 1.54) is 12.2 Å². The van der Waals surface area contributed by atoms with Gasteiger partial charge in [0.05, 0.1) is 33.2 Å². The Morgan fingerprint density at radius 2 is 1.72 bits per heavy atom. The van der Waals surface area contributed by atoms with Gasteiger partial charge in [0, 0.05) is 37.5 Å². The molecule has 2 amide bonds. The Hall–Kier alpha value is -5.25. The fraction of sp³-hybridized carbons (Fsp3) is 0.519. The lowest BCUT2D eigenvalue weighted by atomic mass is 9.71. The molecule has 3 aromatic rings. The Balaban J connectivity index is 1.38. The van der Waals surface area contributed by atoms with E-state index in [0.29, 0.717) is 18.4 Å². The van der Waals surface area contributed by atoms with E-state index < -0.39 is 74.3 Å². The van der Waals surface area contributed by atoms with Crippen LogP contribution in [0.2, 0.25) is 18.1 Å². The minimum absolute atomic E-state index is 0.0128. The smallest absolute Gasteiger partial charge is 0.457 e. The van der Waals surface area contributed by atoms with Crippen molar-refractivity contribution in [2.24, 2.45) is 17.3 Å². The normalized spacial score (nSPS) is 23.1. The number of Topliss-reactive ketones (excluding diaryl/α,β-unsaturated/α-hetero) is 1. The molecule has 67 heavy (non-hydrogen) atoms. The molecule has 0 N–H and O–H groups in total. The Kier molecular flexibility index (Phi) is 17.9. The van der Waals surface area contributed by atoms with Crippen molar-refractivity contribution in [3.8, 4) is 5.75 Å². The Labute approximate surface area is 400 Å². The fourth-order valence-electron chi connectivity index (χ4n) is 8.07. The topological polar surface area (TPSA) is 165 Å². The summed E-state index contributed by atoms with van der Waals surface area (Å²) in [6.45, 7) is 24.3. The summed E-state index contributed by atoms with van der Waals surface area (Å²) in [7, 11) is -2.43. The molecule has 362 valence electrons. The van der Waals surface area contributed by atoms with Crippen molar-refractivity contribution in [2.45, 2.75) is 150 Å². The summed E-state index contributed by atoms with van der Waals surface area (Å²) in [5, 5.41) is 0.787. The number of cyclic esters (lactones) is 1. The standard InChI is InChI=1S/C52H68N2O11SSi/c1-12-15-39-48(65-67(10,11)51(5,6)7)34(3)17-13-16-33(2)19-25-41(37-22-26-42-40(30-37)53-35(4)66-42)63-47(58)31-43(52(8,9)49(39)59)64-50(60)61-32-36-20-23-38(24-21-36)62-46(57)18-14-29-54-44(55)27-28-45(54)56/h12,19-24,26-28,30,34,39,41,43,48H,1,13-18,25,29,31-32H2,2-11H3/b33-19-/t34-,39+,41-,43-,48-/m0/s1. The summed E-state index contributed by atoms with van der Waals surface area (Å²) in [4.78, 5) is 85.0. The lowest BCUT2D eigenvalue weighted by Crippen LogP contribution is -2.52. The number of carbonyl (C=O) groups is 6. The van der Waals surface area contributed by atoms with Gasteiger partial charge in [0.2, 0.25) is 0 Å². The number of aryl methyl sites for hydroxylation is 1. The minimum Gasteiger partial charge on any atom is -0.457 e. The van der Waals surface area contributed by atoms with Crippen molar-refractivity contribution in [1.82, 2.24) is 9.88 Å². The van der Waals surface area contributed by atoms with Gasteiger partial charge in [0.1, 0.15) is 30.3 Å². The van der Waals surface area contributed by atoms with Gasteiger partial charge in [-0.15, -0.1) is 17.9 Å². The average Bonchev–Trinajstić information content (AvgIpc) is 3.80. The van der Waals surface area contributed by atoms with Crippen LogP contribution in [-0.2, 0) is 49.2 Å². The third-order valence-electron chi connectivity index (χ3n) is 13.2. The zero-order chi connectivity index (χ0) is 49.3. The maximum absolute atomic E-state index is 15.3. The van der Waals surface area contributed by atoms with E-state index in [9.17, 15) is 24.0 Å². The number of allylic oxidation sites excluding steroid dienone is 2. The predicted molar refractivity (Wildman–Crippen MR) is 261 cm³/mol. The molecule has 1 aromatic heterocycles. The molecule has 0 bridgehead atoms. The number of fused-ring (bicyclic) bond motifs is 1. The second kappa shape index (κ2) is 22.7. The van der Waals surface area contributed by atoms with Crippen LogP contribution < -0.4 is 4.74 Å². The van der Waals surface area contributed by atoms with Crippen LogP contribution in [0, 0.1) is 24.2 Å². The number of hydrogen-bond acceptors (Lipinski definition) is 13. The molecule has 2 aromatic carbocycles. The molecule has 5 atom stereocenters. The lowest BCUT2D eigenvalue weighted by molar-refractivity contribution is -0.157. The van der Waals surface area contributed by atoms with Gasteiger partial charge in [-0.05, 0) is 119 Å². The van der Waals surface area contributed by atoms with Gasteiger partial charge in [-0.2, -0.15) is 0 Å². The highest BCUT2D eigenvalue weighted by Crippen LogP contribution is 2.43. The van der Waals surface area contributed by atoms with E-state index in [0.717, 1.165) is 50.5 Å². The SMILES string of the molecule is C=CC[C@H]1C(=O)C(C)(C)[C@@H](OC(=O)OCc2ccc(OC(=O)CCCN3C(=O)C=CC3=O)cc2)CC(=O)O[C@H](c2ccc3sc(C)nc3c2)C/C=C(/C)CCC[C@H](C)[C@@H]1O[Si](C)(C)C(C)(C)C. The summed E-state index contributed by atoms with van der Waals surface area (Å²) in [5.74, 6) is -2.67. The molecule has 0 unspecified atom stereocenters. The number of ketones is 1. The summed E-state index contributed by atoms with van der Waals surface area (Å²) in [5.41, 5.74) is 1.87. The zero-order valence-corrected chi connectivity index (χ0v) is 42.6. The maximum atomic E-state index is 15.3. The first-order valence-corrected chi connectivity index (χ1v) is 26.9. The third kappa shape index (κ3) is 14.1. The Morgan fingerprint density at radius 3 is 2.37 bits per heavy atom. The second-order valence-corrected chi connectivity index (χ2v) is 25.9. The number of carbonyl (C=O) groups excluding carboxylic acids is 6. The predicted octanol–water partition coefficient (Wildman–Crippen LogP) is 11.2. The highest BCUT2D eigenvalue weighted by Gasteiger charge is 2.49. The fourth-order valence-corrected chi connectivity index (χ4v) is 10.3. The number of benzene rings is 2. The summed E-state index contributed by atoms with van der Waals surface area (Å²) >= 11 is 1.59. The number of aromatic nitrogens is 1. The maximum Gasteiger partial charge on any atom is 0.508 e. The summed E-state index contributed by atoms with van der Waals surface area (Å²) < 4.78 is 31.5. The van der Waals surface area contributed by atoms with Gasteiger partial charge >= 0.3 is 18.1 Å². The van der Waals surface area contributed by atoms with Crippen molar-refractivity contribution < 1.29 is 52.1 Å². The first-order chi connectivity index (χ1) is 31.5. The van der Waals surface area contributed by atoms with Crippen molar-refractivity contribution in [2.75, 3.05) is 6.54 Å². The van der Waals surface area contributed by atoms with Crippen LogP contribution in [-0.4, -0.2) is 72.6 Å². The molecule has 0 radical (unpaired) electrons. The highest BCUT2D eigenvalue weighted by atomic mass is 32.1. The van der Waals surface area contributed by atoms with Gasteiger partial charge in [0.25, 0.3) is 11.8 Å². The molecule has 5 rings (SSSR count). The van der Waals surface area contributed by atoms with Crippen molar-refractivity contribution >= 4 is 65.6 Å². The quantitative estimate of drug-likeness (QED) is 0.0524. The molecule has 2 aliphatic rings. The highest BCUT2D eigenvalue weighted by molar-refractivity contribution is 7.18. The van der Waals surface area contributed by atoms with Crippen LogP contribution in [0.25, 0.3) is 10.2 Å². The number of nitrogens with zero attached hydrogens (tertiary/aromatic N) is 2. The van der Waals surface area contributed by atoms with Crippen LogP contribution >= 0.6 is 11.3 Å². The monoisotopic (exact) mass is 956 g/mol. The van der Waals surface area contributed by atoms with Gasteiger partial charge in [-0.1, -0.05) is 63.6 Å². The average molecular weight is 957 g/mol. The van der Waals surface area contributed by atoms with Crippen molar-refractivity contribution in [1.29, 1.82) is 0 Å². The zero-order valence-electron chi connectivity index (χ0n) is 40.8. The molecule has 3 heterocycles. The van der Waals surface area contributed by atoms with E-state index >= 15 is 4.79 Å². The van der Waals surface area contributed by atoms with Crippen LogP contribution in [0.5, 0.6) is 5.75 Å². The molecule has 0 aliphatic carbocycles. The number of hydrogen-bond donors (Lipinski definition) is 0. The molecular weight excluding hydrogens is 889 g/mol. The third-order valence-corrected chi connectivity index (χ3v) is 18.7. The van der Waals surface area contributed by atoms with E-state index in [1.807, 2.05) is 25.1 Å². The molecule has 13 nitrogen and oxygen atoms in total. The number of rotatable bonds is 13. The Morgan fingerprint density at radius 1 is 1.03 bits per heavy atom.